The minimum atomic E-state index is -1.46. The predicted molar refractivity (Wildman–Crippen MR) is 165 cm³/mol. The normalized spacial score (nSPS) is 38.1. The van der Waals surface area contributed by atoms with Crippen LogP contribution in [0.2, 0.25) is 0 Å². The van der Waals surface area contributed by atoms with Crippen LogP contribution in [0.5, 0.6) is 11.5 Å². The largest absolute Gasteiger partial charge is 0.496 e. The number of nitrogen functional groups attached to an aromatic ring is 1. The molecule has 1 heterocycles. The number of para-hydroxylation sites is 1. The van der Waals surface area contributed by atoms with Crippen LogP contribution in [-0.4, -0.2) is 53.3 Å². The van der Waals surface area contributed by atoms with Gasteiger partial charge in [0.2, 0.25) is 0 Å². The lowest BCUT2D eigenvalue weighted by molar-refractivity contribution is -0.201. The maximum absolute atomic E-state index is 13.9. The van der Waals surface area contributed by atoms with E-state index in [1.54, 1.807) is 37.5 Å². The Bertz CT molecular complexity index is 1600. The lowest BCUT2D eigenvalue weighted by atomic mass is 9.46. The molecule has 2 aromatic rings. The van der Waals surface area contributed by atoms with E-state index in [-0.39, 0.29) is 30.1 Å². The van der Waals surface area contributed by atoms with Gasteiger partial charge in [0, 0.05) is 28.0 Å². The van der Waals surface area contributed by atoms with Gasteiger partial charge < -0.3 is 34.9 Å². The molecule has 9 heteroatoms. The van der Waals surface area contributed by atoms with Crippen molar-refractivity contribution in [2.24, 2.45) is 28.6 Å². The summed E-state index contributed by atoms with van der Waals surface area (Å²) in [5.41, 5.74) is 6.53. The Morgan fingerprint density at radius 2 is 1.98 bits per heavy atom. The van der Waals surface area contributed by atoms with Crippen molar-refractivity contribution in [1.82, 2.24) is 0 Å². The first-order valence-corrected chi connectivity index (χ1v) is 15.8. The van der Waals surface area contributed by atoms with E-state index >= 15 is 0 Å². The number of fused-ring (bicyclic) bond motifs is 7. The maximum Gasteiger partial charge on any atom is 0.193 e. The fraction of sp³-hybridized carbons (Fsp3) is 0.500. The highest BCUT2D eigenvalue weighted by atomic mass is 16.7. The van der Waals surface area contributed by atoms with Gasteiger partial charge in [-0.05, 0) is 73.9 Å². The van der Waals surface area contributed by atoms with E-state index in [4.69, 9.17) is 24.7 Å². The molecule has 2 aromatic carbocycles. The number of nitrogens with two attached hydrogens (primary N) is 1. The van der Waals surface area contributed by atoms with Crippen LogP contribution in [0.4, 0.5) is 5.69 Å². The minimum absolute atomic E-state index is 0.00430. The van der Waals surface area contributed by atoms with Gasteiger partial charge in [-0.25, -0.2) is 0 Å². The van der Waals surface area contributed by atoms with Crippen LogP contribution >= 0.6 is 0 Å². The molecule has 238 valence electrons. The summed E-state index contributed by atoms with van der Waals surface area (Å²) in [6.07, 6.45) is 5.38. The number of hydrogen-bond acceptors (Lipinski definition) is 9. The van der Waals surface area contributed by atoms with Gasteiger partial charge in [0.25, 0.3) is 0 Å². The zero-order valence-corrected chi connectivity index (χ0v) is 25.9. The van der Waals surface area contributed by atoms with E-state index in [9.17, 15) is 19.8 Å². The van der Waals surface area contributed by atoms with E-state index in [0.29, 0.717) is 35.6 Å². The average molecular weight is 616 g/mol. The summed E-state index contributed by atoms with van der Waals surface area (Å²) >= 11 is 0. The molecule has 3 saturated carbocycles. The third-order valence-electron chi connectivity index (χ3n) is 11.7. The maximum atomic E-state index is 13.9. The van der Waals surface area contributed by atoms with Crippen molar-refractivity contribution in [2.45, 2.75) is 70.2 Å². The zero-order valence-electron chi connectivity index (χ0n) is 25.9. The molecule has 0 bridgehead atoms. The second-order valence-electron chi connectivity index (χ2n) is 13.7. The molecule has 0 aromatic heterocycles. The Morgan fingerprint density at radius 3 is 2.73 bits per heavy atom. The SMILES string of the molecule is COc1ccc(OCc2ccccc2N)cc1[C@H]1O[C@@H]2CC3[C@@H]4CCC5=CC(=O)C=C[C@]5(C)C4[C@@H](O)C[C@]3(C)[C@]2(C(=O)CO)O1. The first-order chi connectivity index (χ1) is 21.6. The Hall–Kier alpha value is -3.50. The molecule has 0 amide bonds. The Kier molecular flexibility index (Phi) is 7.24. The molecule has 7 rings (SSSR count). The number of Topliss-reactive ketones (excluding diaryl/α,β-unsaturated/α-hetero) is 1. The molecule has 9 atom stereocenters. The molecule has 4 fully saturated rings. The summed E-state index contributed by atoms with van der Waals surface area (Å²) in [7, 11) is 1.56. The Labute approximate surface area is 263 Å². The van der Waals surface area contributed by atoms with E-state index in [0.717, 1.165) is 24.0 Å². The smallest absolute Gasteiger partial charge is 0.193 e. The van der Waals surface area contributed by atoms with E-state index in [1.165, 1.54) is 0 Å². The monoisotopic (exact) mass is 615 g/mol. The highest BCUT2D eigenvalue weighted by Gasteiger charge is 2.76. The minimum Gasteiger partial charge on any atom is -0.496 e. The van der Waals surface area contributed by atoms with E-state index in [2.05, 4.69) is 6.92 Å². The molecule has 1 aliphatic heterocycles. The lowest BCUT2D eigenvalue weighted by Gasteiger charge is -2.59. The highest BCUT2D eigenvalue weighted by Crippen LogP contribution is 2.70. The number of benzene rings is 2. The molecule has 1 saturated heterocycles. The van der Waals surface area contributed by atoms with Crippen LogP contribution in [-0.2, 0) is 25.7 Å². The van der Waals surface area contributed by atoms with Crippen molar-refractivity contribution >= 4 is 17.3 Å². The fourth-order valence-electron chi connectivity index (χ4n) is 9.64. The molecule has 9 nitrogen and oxygen atoms in total. The van der Waals surface area contributed by atoms with Gasteiger partial charge in [-0.3, -0.25) is 9.59 Å². The summed E-state index contributed by atoms with van der Waals surface area (Å²) in [5, 5.41) is 22.2. The average Bonchev–Trinajstić information content (AvgIpc) is 3.53. The standard InChI is InChI=1S/C36H41NO8/c1-34-13-12-22(39)14-21(34)8-10-24-26-16-31-36(30(41)18-38,35(26,2)17-28(40)32(24)34)45-33(44-31)25-15-23(9-11-29(25)42-3)43-19-20-6-4-5-7-27(20)37/h4-7,9,11-15,24,26,28,31-33,38,40H,8,10,16-19,37H2,1-3H3/t24-,26?,28-,31+,32?,33-,34-,35-,36+/m0/s1. The summed E-state index contributed by atoms with van der Waals surface area (Å²) in [6.45, 7) is 3.70. The van der Waals surface area contributed by atoms with E-state index < -0.39 is 47.3 Å². The summed E-state index contributed by atoms with van der Waals surface area (Å²) in [6, 6.07) is 12.9. The molecule has 0 radical (unpaired) electrons. The number of carbonyl (C=O) groups excluding carboxylic acids is 2. The van der Waals surface area contributed by atoms with Crippen molar-refractivity contribution < 1.29 is 38.7 Å². The number of ketones is 2. The van der Waals surface area contributed by atoms with E-state index in [1.807, 2.05) is 37.3 Å². The lowest BCUT2D eigenvalue weighted by Crippen LogP contribution is -2.63. The fourth-order valence-corrected chi connectivity index (χ4v) is 9.64. The van der Waals surface area contributed by atoms with Crippen LogP contribution in [0.3, 0.4) is 0 Å². The molecule has 5 aliphatic rings. The van der Waals surface area contributed by atoms with Crippen LogP contribution in [0, 0.1) is 28.6 Å². The number of aliphatic hydroxyl groups is 2. The van der Waals surface area contributed by atoms with Gasteiger partial charge in [0.15, 0.2) is 23.5 Å². The molecule has 4 N–H and O–H groups in total. The van der Waals surface area contributed by atoms with Crippen molar-refractivity contribution in [3.63, 3.8) is 0 Å². The molecule has 2 unspecified atom stereocenters. The number of rotatable bonds is 7. The van der Waals surface area contributed by atoms with Gasteiger partial charge in [-0.15, -0.1) is 0 Å². The summed E-state index contributed by atoms with van der Waals surface area (Å²) in [5.74, 6) is 0.590. The first-order valence-electron chi connectivity index (χ1n) is 15.8. The van der Waals surface area contributed by atoms with Gasteiger partial charge in [0.1, 0.15) is 24.7 Å². The molecule has 45 heavy (non-hydrogen) atoms. The van der Waals surface area contributed by atoms with Gasteiger partial charge in [-0.1, -0.05) is 43.7 Å². The van der Waals surface area contributed by atoms with Crippen molar-refractivity contribution in [2.75, 3.05) is 19.5 Å². The topological polar surface area (TPSA) is 138 Å². The molecule has 0 spiro atoms. The van der Waals surface area contributed by atoms with Gasteiger partial charge in [-0.2, -0.15) is 0 Å². The third-order valence-corrected chi connectivity index (χ3v) is 11.7. The second kappa shape index (κ2) is 10.8. The number of methoxy groups -OCH3 is 1. The van der Waals surface area contributed by atoms with Gasteiger partial charge >= 0.3 is 0 Å². The Balaban J connectivity index is 1.21. The van der Waals surface area contributed by atoms with Crippen LogP contribution in [0.15, 0.2) is 66.3 Å². The van der Waals surface area contributed by atoms with Crippen molar-refractivity contribution in [1.29, 1.82) is 0 Å². The summed E-state index contributed by atoms with van der Waals surface area (Å²) < 4.78 is 25.2. The number of hydrogen-bond donors (Lipinski definition) is 3. The third kappa shape index (κ3) is 4.35. The molecular formula is C36H41NO8. The number of aliphatic hydroxyl groups excluding tert-OH is 2. The van der Waals surface area contributed by atoms with Crippen molar-refractivity contribution in [3.8, 4) is 11.5 Å². The number of anilines is 1. The molecular weight excluding hydrogens is 574 g/mol. The van der Waals surface area contributed by atoms with Crippen LogP contribution in [0.1, 0.15) is 56.9 Å². The Morgan fingerprint density at radius 1 is 1.18 bits per heavy atom. The van der Waals surface area contributed by atoms with Crippen LogP contribution in [0.25, 0.3) is 0 Å². The molecule has 4 aliphatic carbocycles. The summed E-state index contributed by atoms with van der Waals surface area (Å²) in [4.78, 5) is 26.1. The highest BCUT2D eigenvalue weighted by molar-refractivity contribution is 6.01. The first kappa shape index (κ1) is 30.2. The zero-order chi connectivity index (χ0) is 31.7. The quantitative estimate of drug-likeness (QED) is 0.386. The number of ether oxygens (including phenoxy) is 4. The predicted octanol–water partition coefficient (Wildman–Crippen LogP) is 4.46. The van der Waals surface area contributed by atoms with Crippen molar-refractivity contribution in [3.05, 3.63) is 77.4 Å². The van der Waals surface area contributed by atoms with Crippen LogP contribution < -0.4 is 15.2 Å². The van der Waals surface area contributed by atoms with Gasteiger partial charge in [0.05, 0.1) is 24.9 Å². The number of carbonyl (C=O) groups is 2. The second-order valence-corrected chi connectivity index (χ2v) is 13.7. The number of allylic oxidation sites excluding steroid dienone is 4.